The van der Waals surface area contributed by atoms with Crippen molar-refractivity contribution in [3.63, 3.8) is 0 Å². The third-order valence-corrected chi connectivity index (χ3v) is 4.25. The van der Waals surface area contributed by atoms with Gasteiger partial charge in [0, 0.05) is 11.9 Å². The van der Waals surface area contributed by atoms with E-state index in [-0.39, 0.29) is 5.95 Å². The summed E-state index contributed by atoms with van der Waals surface area (Å²) < 4.78 is 10.7. The largest absolute Gasteiger partial charge is 0.493 e. The number of fused-ring (bicyclic) bond motifs is 1. The van der Waals surface area contributed by atoms with Gasteiger partial charge in [0.2, 0.25) is 5.95 Å². The molecule has 26 heavy (non-hydrogen) atoms. The first kappa shape index (κ1) is 17.8. The van der Waals surface area contributed by atoms with Crippen LogP contribution in [0.5, 0.6) is 11.5 Å². The Labute approximate surface area is 153 Å². The molecular formula is C20H24N4O2. The van der Waals surface area contributed by atoms with Gasteiger partial charge in [0.15, 0.2) is 11.5 Å². The van der Waals surface area contributed by atoms with E-state index in [4.69, 9.17) is 15.2 Å². The van der Waals surface area contributed by atoms with Crippen molar-refractivity contribution in [3.05, 3.63) is 36.4 Å². The Morgan fingerprint density at radius 1 is 0.962 bits per heavy atom. The van der Waals surface area contributed by atoms with Gasteiger partial charge >= 0.3 is 0 Å². The van der Waals surface area contributed by atoms with Gasteiger partial charge in [-0.15, -0.1) is 0 Å². The minimum absolute atomic E-state index is 0.273. The van der Waals surface area contributed by atoms with Gasteiger partial charge in [0.1, 0.15) is 5.82 Å². The molecule has 136 valence electrons. The van der Waals surface area contributed by atoms with Crippen molar-refractivity contribution < 1.29 is 9.47 Å². The lowest BCUT2D eigenvalue weighted by Gasteiger charge is -2.12. The Balaban J connectivity index is 2.05. The number of anilines is 2. The molecule has 3 N–H and O–H groups in total. The Bertz CT molecular complexity index is 912. The van der Waals surface area contributed by atoms with Gasteiger partial charge in [0.05, 0.1) is 19.7 Å². The number of nitrogens with two attached hydrogens (primary N) is 1. The van der Waals surface area contributed by atoms with E-state index in [9.17, 15) is 0 Å². The summed E-state index contributed by atoms with van der Waals surface area (Å²) in [4.78, 5) is 8.72. The maximum Gasteiger partial charge on any atom is 0.222 e. The van der Waals surface area contributed by atoms with Crippen LogP contribution < -0.4 is 20.5 Å². The van der Waals surface area contributed by atoms with Crippen LogP contribution in [-0.2, 0) is 0 Å². The summed E-state index contributed by atoms with van der Waals surface area (Å²) in [6, 6.07) is 11.9. The molecule has 0 unspecified atom stereocenters. The molecule has 1 heterocycles. The molecule has 0 fully saturated rings. The predicted molar refractivity (Wildman–Crippen MR) is 106 cm³/mol. The van der Waals surface area contributed by atoms with E-state index in [1.165, 1.54) is 0 Å². The first-order valence-corrected chi connectivity index (χ1v) is 8.69. The standard InChI is InChI=1S/C20H24N4O2/c1-4-5-10-22-19-15-11-13(6-8-16(15)23-20(21)24-19)14-7-9-17(25-2)18(12-14)26-3/h6-9,11-12H,4-5,10H2,1-3H3,(H3,21,22,23,24). The summed E-state index contributed by atoms with van der Waals surface area (Å²) in [5, 5.41) is 4.32. The summed E-state index contributed by atoms with van der Waals surface area (Å²) in [6.07, 6.45) is 2.18. The van der Waals surface area contributed by atoms with Crippen LogP contribution in [0.4, 0.5) is 11.8 Å². The molecule has 3 rings (SSSR count). The van der Waals surface area contributed by atoms with Crippen molar-refractivity contribution in [2.45, 2.75) is 19.8 Å². The van der Waals surface area contributed by atoms with E-state index in [1.807, 2.05) is 30.3 Å². The number of aromatic nitrogens is 2. The lowest BCUT2D eigenvalue weighted by Crippen LogP contribution is -2.06. The molecule has 0 amide bonds. The molecule has 0 saturated carbocycles. The van der Waals surface area contributed by atoms with Crippen molar-refractivity contribution >= 4 is 22.7 Å². The van der Waals surface area contributed by atoms with Crippen LogP contribution in [0, 0.1) is 0 Å². The molecule has 0 aliphatic carbocycles. The number of rotatable bonds is 7. The Kier molecular flexibility index (Phi) is 5.41. The lowest BCUT2D eigenvalue weighted by atomic mass is 10.0. The number of methoxy groups -OCH3 is 2. The molecular weight excluding hydrogens is 328 g/mol. The van der Waals surface area contributed by atoms with Crippen LogP contribution in [0.2, 0.25) is 0 Å². The number of nitrogens with one attached hydrogen (secondary N) is 1. The number of unbranched alkanes of at least 4 members (excludes halogenated alkanes) is 1. The number of hydrogen-bond donors (Lipinski definition) is 2. The summed E-state index contributed by atoms with van der Waals surface area (Å²) in [5.41, 5.74) is 8.75. The minimum Gasteiger partial charge on any atom is -0.493 e. The number of benzene rings is 2. The summed E-state index contributed by atoms with van der Waals surface area (Å²) >= 11 is 0. The molecule has 0 aliphatic rings. The van der Waals surface area contributed by atoms with Crippen molar-refractivity contribution in [2.24, 2.45) is 0 Å². The second-order valence-electron chi connectivity index (χ2n) is 6.01. The van der Waals surface area contributed by atoms with Gasteiger partial charge < -0.3 is 20.5 Å². The first-order chi connectivity index (χ1) is 12.7. The van der Waals surface area contributed by atoms with Crippen molar-refractivity contribution in [1.29, 1.82) is 0 Å². The summed E-state index contributed by atoms with van der Waals surface area (Å²) in [7, 11) is 3.26. The van der Waals surface area contributed by atoms with E-state index in [1.54, 1.807) is 14.2 Å². The Hall–Kier alpha value is -3.02. The van der Waals surface area contributed by atoms with Crippen LogP contribution in [0.3, 0.4) is 0 Å². The Morgan fingerprint density at radius 3 is 2.42 bits per heavy atom. The molecule has 1 aromatic heterocycles. The fourth-order valence-corrected chi connectivity index (χ4v) is 2.86. The van der Waals surface area contributed by atoms with Crippen molar-refractivity contribution in [1.82, 2.24) is 9.97 Å². The Morgan fingerprint density at radius 2 is 1.69 bits per heavy atom. The third kappa shape index (κ3) is 3.64. The second-order valence-corrected chi connectivity index (χ2v) is 6.01. The highest BCUT2D eigenvalue weighted by molar-refractivity contribution is 5.93. The highest BCUT2D eigenvalue weighted by Crippen LogP contribution is 2.34. The van der Waals surface area contributed by atoms with Crippen LogP contribution in [0.25, 0.3) is 22.0 Å². The van der Waals surface area contributed by atoms with Gasteiger partial charge in [-0.2, -0.15) is 4.98 Å². The zero-order chi connectivity index (χ0) is 18.5. The van der Waals surface area contributed by atoms with Gasteiger partial charge in [-0.25, -0.2) is 4.98 Å². The quantitative estimate of drug-likeness (QED) is 0.623. The van der Waals surface area contributed by atoms with Crippen LogP contribution in [0.15, 0.2) is 36.4 Å². The fourth-order valence-electron chi connectivity index (χ4n) is 2.86. The zero-order valence-corrected chi connectivity index (χ0v) is 15.4. The highest BCUT2D eigenvalue weighted by atomic mass is 16.5. The first-order valence-electron chi connectivity index (χ1n) is 8.69. The number of nitrogens with zero attached hydrogens (tertiary/aromatic N) is 2. The van der Waals surface area contributed by atoms with Gasteiger partial charge in [-0.3, -0.25) is 0 Å². The third-order valence-electron chi connectivity index (χ3n) is 4.25. The number of ether oxygens (including phenoxy) is 2. The van der Waals surface area contributed by atoms with Crippen LogP contribution >= 0.6 is 0 Å². The van der Waals surface area contributed by atoms with E-state index < -0.39 is 0 Å². The van der Waals surface area contributed by atoms with Crippen molar-refractivity contribution in [2.75, 3.05) is 31.8 Å². The lowest BCUT2D eigenvalue weighted by molar-refractivity contribution is 0.355. The molecule has 3 aromatic rings. The zero-order valence-electron chi connectivity index (χ0n) is 15.4. The molecule has 0 spiro atoms. The van der Waals surface area contributed by atoms with Crippen LogP contribution in [-0.4, -0.2) is 30.7 Å². The molecule has 0 saturated heterocycles. The topological polar surface area (TPSA) is 82.3 Å². The van der Waals surface area contributed by atoms with Gasteiger partial charge in [0.25, 0.3) is 0 Å². The molecule has 6 heteroatoms. The van der Waals surface area contributed by atoms with Crippen molar-refractivity contribution in [3.8, 4) is 22.6 Å². The molecule has 0 atom stereocenters. The maximum absolute atomic E-state index is 5.86. The van der Waals surface area contributed by atoms with Crippen LogP contribution in [0.1, 0.15) is 19.8 Å². The maximum atomic E-state index is 5.86. The van der Waals surface area contributed by atoms with E-state index in [0.29, 0.717) is 11.5 Å². The normalized spacial score (nSPS) is 10.7. The van der Waals surface area contributed by atoms with E-state index >= 15 is 0 Å². The average molecular weight is 352 g/mol. The predicted octanol–water partition coefficient (Wildman–Crippen LogP) is 4.11. The van der Waals surface area contributed by atoms with E-state index in [2.05, 4.69) is 28.3 Å². The molecule has 0 radical (unpaired) electrons. The van der Waals surface area contributed by atoms with Gasteiger partial charge in [-0.05, 0) is 41.8 Å². The monoisotopic (exact) mass is 352 g/mol. The minimum atomic E-state index is 0.273. The summed E-state index contributed by atoms with van der Waals surface area (Å²) in [6.45, 7) is 3.01. The summed E-state index contributed by atoms with van der Waals surface area (Å²) in [5.74, 6) is 2.44. The average Bonchev–Trinajstić information content (AvgIpc) is 2.67. The number of hydrogen-bond acceptors (Lipinski definition) is 6. The van der Waals surface area contributed by atoms with E-state index in [0.717, 1.165) is 47.2 Å². The highest BCUT2D eigenvalue weighted by Gasteiger charge is 2.10. The smallest absolute Gasteiger partial charge is 0.222 e. The van der Waals surface area contributed by atoms with Gasteiger partial charge in [-0.1, -0.05) is 25.5 Å². The fraction of sp³-hybridized carbons (Fsp3) is 0.300. The SMILES string of the molecule is CCCCNc1nc(N)nc2ccc(-c3ccc(OC)c(OC)c3)cc12. The molecule has 0 bridgehead atoms. The second kappa shape index (κ2) is 7.91. The molecule has 6 nitrogen and oxygen atoms in total. The number of nitrogen functional groups attached to an aromatic ring is 1. The molecule has 2 aromatic carbocycles. The molecule has 0 aliphatic heterocycles.